The van der Waals surface area contributed by atoms with Gasteiger partial charge >= 0.3 is 6.03 Å². The molecule has 0 atom stereocenters. The molecule has 8 nitrogen and oxygen atoms in total. The molecule has 1 saturated carbocycles. The van der Waals surface area contributed by atoms with E-state index in [0.717, 1.165) is 74.6 Å². The fourth-order valence-corrected chi connectivity index (χ4v) is 5.87. The minimum Gasteiger partial charge on any atom is -0.394 e. The Morgan fingerprint density at radius 2 is 1.77 bits per heavy atom. The topological polar surface area (TPSA) is 113 Å². The molecule has 0 bridgehead atoms. The standard InChI is InChI=1S/C21H26N4O4S/c26-13-21(9-3-10-21)25-11-8-18(23-25)30(28,29)24-20(27)22-19-16-6-1-4-14(16)12-15-5-2-7-17(15)19/h8,11-12,26H,1-7,9-10,13H2,(H2,22,24,27). The van der Waals surface area contributed by atoms with Crippen LogP contribution in [0.2, 0.25) is 0 Å². The third-order valence-electron chi connectivity index (χ3n) is 6.84. The highest BCUT2D eigenvalue weighted by Crippen LogP contribution is 2.39. The molecule has 3 aliphatic carbocycles. The number of amides is 2. The summed E-state index contributed by atoms with van der Waals surface area (Å²) in [5, 5.41) is 16.4. The predicted molar refractivity (Wildman–Crippen MR) is 111 cm³/mol. The van der Waals surface area contributed by atoms with Gasteiger partial charge in [0.05, 0.1) is 12.1 Å². The van der Waals surface area contributed by atoms with Crippen molar-refractivity contribution in [3.8, 4) is 0 Å². The van der Waals surface area contributed by atoms with Crippen molar-refractivity contribution in [3.63, 3.8) is 0 Å². The highest BCUT2D eigenvalue weighted by Gasteiger charge is 2.39. The Morgan fingerprint density at radius 1 is 1.10 bits per heavy atom. The van der Waals surface area contributed by atoms with E-state index in [2.05, 4.69) is 21.2 Å². The molecule has 1 aromatic carbocycles. The maximum atomic E-state index is 12.7. The van der Waals surface area contributed by atoms with Crippen LogP contribution in [0.15, 0.2) is 23.4 Å². The lowest BCUT2D eigenvalue weighted by atomic mass is 9.77. The van der Waals surface area contributed by atoms with Crippen molar-refractivity contribution in [3.05, 3.63) is 40.6 Å². The lowest BCUT2D eigenvalue weighted by Gasteiger charge is -2.40. The van der Waals surface area contributed by atoms with Crippen LogP contribution >= 0.6 is 0 Å². The van der Waals surface area contributed by atoms with Crippen LogP contribution in [0.3, 0.4) is 0 Å². The zero-order valence-electron chi connectivity index (χ0n) is 16.8. The molecule has 2 aromatic rings. The molecule has 160 valence electrons. The van der Waals surface area contributed by atoms with Crippen LogP contribution in [-0.2, 0) is 41.2 Å². The number of aromatic nitrogens is 2. The molecule has 1 heterocycles. The number of anilines is 1. The fourth-order valence-electron chi connectivity index (χ4n) is 5.04. The number of carbonyl (C=O) groups is 1. The van der Waals surface area contributed by atoms with Crippen molar-refractivity contribution in [1.82, 2.24) is 14.5 Å². The number of aryl methyl sites for hydroxylation is 2. The molecule has 30 heavy (non-hydrogen) atoms. The number of hydrogen-bond donors (Lipinski definition) is 3. The minimum absolute atomic E-state index is 0.0910. The van der Waals surface area contributed by atoms with Gasteiger partial charge in [-0.3, -0.25) is 4.68 Å². The number of benzene rings is 1. The molecule has 0 saturated heterocycles. The Kier molecular flexibility index (Phi) is 4.62. The molecular weight excluding hydrogens is 404 g/mol. The average Bonchev–Trinajstić information content (AvgIpc) is 3.41. The van der Waals surface area contributed by atoms with Crippen molar-refractivity contribution in [1.29, 1.82) is 0 Å². The second kappa shape index (κ2) is 7.09. The van der Waals surface area contributed by atoms with E-state index in [1.165, 1.54) is 21.9 Å². The van der Waals surface area contributed by atoms with Gasteiger partial charge in [0.1, 0.15) is 0 Å². The molecule has 9 heteroatoms. The van der Waals surface area contributed by atoms with Crippen LogP contribution in [-0.4, -0.2) is 35.9 Å². The van der Waals surface area contributed by atoms with E-state index in [1.807, 2.05) is 0 Å². The molecule has 3 aliphatic rings. The first kappa shape index (κ1) is 19.6. The fraction of sp³-hybridized carbons (Fsp3) is 0.524. The van der Waals surface area contributed by atoms with Gasteiger partial charge in [0.2, 0.25) is 0 Å². The molecule has 5 rings (SSSR count). The van der Waals surface area contributed by atoms with Crippen LogP contribution in [0.25, 0.3) is 0 Å². The monoisotopic (exact) mass is 430 g/mol. The first-order chi connectivity index (χ1) is 14.4. The molecule has 3 N–H and O–H groups in total. The Morgan fingerprint density at radius 3 is 2.33 bits per heavy atom. The largest absolute Gasteiger partial charge is 0.394 e. The summed E-state index contributed by atoms with van der Waals surface area (Å²) in [5.74, 6) is 0. The summed E-state index contributed by atoms with van der Waals surface area (Å²) >= 11 is 0. The SMILES string of the molecule is O=C(Nc1c2c(cc3c1CCC3)CCC2)NS(=O)(=O)c1ccn(C2(CO)CCC2)n1. The van der Waals surface area contributed by atoms with Gasteiger partial charge in [-0.1, -0.05) is 6.07 Å². The number of nitrogens with zero attached hydrogens (tertiary/aromatic N) is 2. The van der Waals surface area contributed by atoms with Gasteiger partial charge in [0.15, 0.2) is 5.03 Å². The molecule has 1 aromatic heterocycles. The van der Waals surface area contributed by atoms with Crippen molar-refractivity contribution < 1.29 is 18.3 Å². The van der Waals surface area contributed by atoms with E-state index in [4.69, 9.17) is 0 Å². The summed E-state index contributed by atoms with van der Waals surface area (Å²) in [6.45, 7) is -0.0910. The Bertz CT molecular complexity index is 1080. The second-order valence-corrected chi connectivity index (χ2v) is 10.3. The van der Waals surface area contributed by atoms with Crippen LogP contribution in [0.4, 0.5) is 10.5 Å². The van der Waals surface area contributed by atoms with Gasteiger partial charge < -0.3 is 10.4 Å². The van der Waals surface area contributed by atoms with Gasteiger partial charge in [-0.15, -0.1) is 0 Å². The normalized spacial score (nSPS) is 19.1. The number of urea groups is 1. The van der Waals surface area contributed by atoms with Gasteiger partial charge in [-0.2, -0.15) is 13.5 Å². The van der Waals surface area contributed by atoms with Crippen LogP contribution in [0, 0.1) is 0 Å². The van der Waals surface area contributed by atoms with E-state index in [9.17, 15) is 18.3 Å². The van der Waals surface area contributed by atoms with Crippen LogP contribution in [0.1, 0.15) is 54.4 Å². The summed E-state index contributed by atoms with van der Waals surface area (Å²) in [5.41, 5.74) is 5.08. The summed E-state index contributed by atoms with van der Waals surface area (Å²) in [6.07, 6.45) is 9.94. The summed E-state index contributed by atoms with van der Waals surface area (Å²) in [4.78, 5) is 12.7. The second-order valence-electron chi connectivity index (χ2n) is 8.63. The number of hydrogen-bond acceptors (Lipinski definition) is 5. The van der Waals surface area contributed by atoms with Gasteiger partial charge in [0, 0.05) is 11.9 Å². The molecule has 2 amide bonds. The van der Waals surface area contributed by atoms with Crippen molar-refractivity contribution in [2.45, 2.75) is 68.4 Å². The minimum atomic E-state index is -4.12. The highest BCUT2D eigenvalue weighted by molar-refractivity contribution is 7.90. The summed E-state index contributed by atoms with van der Waals surface area (Å²) in [6, 6.07) is 2.86. The van der Waals surface area contributed by atoms with Crippen molar-refractivity contribution in [2.24, 2.45) is 0 Å². The number of fused-ring (bicyclic) bond motifs is 2. The third kappa shape index (κ3) is 3.11. The third-order valence-corrected chi connectivity index (χ3v) is 8.07. The maximum Gasteiger partial charge on any atom is 0.333 e. The molecule has 1 fully saturated rings. The number of carbonyl (C=O) groups excluding carboxylic acids is 1. The molecular formula is C21H26N4O4S. The molecule has 0 radical (unpaired) electrons. The maximum absolute atomic E-state index is 12.7. The Balaban J connectivity index is 1.36. The van der Waals surface area contributed by atoms with Crippen molar-refractivity contribution in [2.75, 3.05) is 11.9 Å². The zero-order valence-corrected chi connectivity index (χ0v) is 17.6. The van der Waals surface area contributed by atoms with E-state index >= 15 is 0 Å². The zero-order chi connectivity index (χ0) is 20.9. The highest BCUT2D eigenvalue weighted by atomic mass is 32.2. The van der Waals surface area contributed by atoms with Gasteiger partial charge in [-0.05, 0) is 86.1 Å². The lowest BCUT2D eigenvalue weighted by Crippen LogP contribution is -2.44. The van der Waals surface area contributed by atoms with Gasteiger partial charge in [-0.25, -0.2) is 9.52 Å². The lowest BCUT2D eigenvalue weighted by molar-refractivity contribution is 0.0427. The number of nitrogens with one attached hydrogen (secondary N) is 2. The number of sulfonamides is 1. The number of aliphatic hydroxyl groups is 1. The van der Waals surface area contributed by atoms with E-state index in [-0.39, 0.29) is 11.6 Å². The molecule has 0 aliphatic heterocycles. The van der Waals surface area contributed by atoms with Gasteiger partial charge in [0.25, 0.3) is 10.0 Å². The van der Waals surface area contributed by atoms with E-state index in [0.29, 0.717) is 0 Å². The molecule has 0 unspecified atom stereocenters. The van der Waals surface area contributed by atoms with Crippen LogP contribution < -0.4 is 10.0 Å². The van der Waals surface area contributed by atoms with E-state index < -0.39 is 21.6 Å². The average molecular weight is 431 g/mol. The first-order valence-corrected chi connectivity index (χ1v) is 12.1. The summed E-state index contributed by atoms with van der Waals surface area (Å²) < 4.78 is 29.1. The van der Waals surface area contributed by atoms with E-state index in [1.54, 1.807) is 6.20 Å². The Hall–Kier alpha value is -2.39. The summed E-state index contributed by atoms with van der Waals surface area (Å²) in [7, 11) is -4.12. The van der Waals surface area contributed by atoms with Crippen molar-refractivity contribution >= 4 is 21.7 Å². The van der Waals surface area contributed by atoms with Crippen LogP contribution in [0.5, 0.6) is 0 Å². The quantitative estimate of drug-likeness (QED) is 0.673. The first-order valence-electron chi connectivity index (χ1n) is 10.6. The number of rotatable bonds is 5. The Labute approximate surface area is 175 Å². The molecule has 0 spiro atoms. The smallest absolute Gasteiger partial charge is 0.333 e. The number of aliphatic hydroxyl groups excluding tert-OH is 1. The predicted octanol–water partition coefficient (Wildman–Crippen LogP) is 2.24.